The van der Waals surface area contributed by atoms with E-state index >= 15 is 0 Å². The quantitative estimate of drug-likeness (QED) is 0.246. The molecule has 0 saturated carbocycles. The second kappa shape index (κ2) is 13.7. The number of aromatic amines is 1. The third-order valence-electron chi connectivity index (χ3n) is 6.90. The van der Waals surface area contributed by atoms with Gasteiger partial charge in [-0.1, -0.05) is 55.2 Å². The van der Waals surface area contributed by atoms with Crippen LogP contribution in [0.1, 0.15) is 43.3 Å². The normalized spacial score (nSPS) is 14.3. The molecule has 14 heteroatoms. The van der Waals surface area contributed by atoms with Gasteiger partial charge in [-0.3, -0.25) is 14.4 Å². The maximum Gasteiger partial charge on any atom is 0.262 e. The predicted octanol–water partition coefficient (Wildman–Crippen LogP) is 5.02. The van der Waals surface area contributed by atoms with Crippen LogP contribution in [0.3, 0.4) is 0 Å². The highest BCUT2D eigenvalue weighted by atomic mass is 35.5. The van der Waals surface area contributed by atoms with Gasteiger partial charge in [-0.25, -0.2) is 18.1 Å². The fourth-order valence-corrected chi connectivity index (χ4v) is 6.51. The first-order valence-corrected chi connectivity index (χ1v) is 15.9. The monoisotopic (exact) mass is 654 g/mol. The Kier molecular flexibility index (Phi) is 10.6. The zero-order valence-electron chi connectivity index (χ0n) is 23.3. The van der Waals surface area contributed by atoms with E-state index in [1.54, 1.807) is 42.5 Å². The maximum absolute atomic E-state index is 13.2. The highest BCUT2D eigenvalue weighted by Crippen LogP contribution is 2.32. The summed E-state index contributed by atoms with van der Waals surface area (Å²) >= 11 is 12.9. The minimum absolute atomic E-state index is 0. The van der Waals surface area contributed by atoms with Gasteiger partial charge in [-0.15, -0.1) is 12.4 Å². The molecule has 3 heterocycles. The number of nitrogens with one attached hydrogen (secondary N) is 2. The fraction of sp³-hybridized carbons (Fsp3) is 0.393. The smallest absolute Gasteiger partial charge is 0.262 e. The first-order valence-electron chi connectivity index (χ1n) is 13.5. The molecule has 0 radical (unpaired) electrons. The van der Waals surface area contributed by atoms with E-state index in [0.29, 0.717) is 70.0 Å². The molecule has 42 heavy (non-hydrogen) atoms. The first kappa shape index (κ1) is 32.2. The third kappa shape index (κ3) is 7.45. The zero-order chi connectivity index (χ0) is 29.1. The molecule has 2 aromatic carbocycles. The van der Waals surface area contributed by atoms with Crippen molar-refractivity contribution in [3.8, 4) is 5.69 Å². The molecule has 5 rings (SSSR count). The van der Waals surface area contributed by atoms with Crippen LogP contribution < -0.4 is 10.3 Å². The molecule has 1 fully saturated rings. The van der Waals surface area contributed by atoms with Crippen molar-refractivity contribution >= 4 is 62.4 Å². The van der Waals surface area contributed by atoms with Gasteiger partial charge in [0.05, 0.1) is 34.7 Å². The lowest BCUT2D eigenvalue weighted by atomic mass is 10.1. The van der Waals surface area contributed by atoms with Crippen molar-refractivity contribution in [3.63, 3.8) is 0 Å². The lowest BCUT2D eigenvalue weighted by Crippen LogP contribution is -2.37. The number of para-hydroxylation sites is 1. The number of morpholine rings is 1. The first-order chi connectivity index (χ1) is 19.6. The molecule has 1 saturated heterocycles. The lowest BCUT2D eigenvalue weighted by molar-refractivity contribution is 0.0381. The van der Waals surface area contributed by atoms with Gasteiger partial charge in [0.1, 0.15) is 16.9 Å². The van der Waals surface area contributed by atoms with E-state index in [2.05, 4.69) is 19.7 Å². The number of benzene rings is 2. The van der Waals surface area contributed by atoms with Gasteiger partial charge in [0.25, 0.3) is 5.56 Å². The molecule has 0 unspecified atom stereocenters. The van der Waals surface area contributed by atoms with Crippen molar-refractivity contribution in [2.45, 2.75) is 32.6 Å². The van der Waals surface area contributed by atoms with Crippen LogP contribution >= 0.6 is 35.6 Å². The fourth-order valence-electron chi connectivity index (χ4n) is 4.85. The largest absolute Gasteiger partial charge is 0.379 e. The van der Waals surface area contributed by atoms with Crippen molar-refractivity contribution in [1.82, 2.24) is 24.6 Å². The molecular formula is C28H33Cl3N6O4S. The van der Waals surface area contributed by atoms with Gasteiger partial charge in [0.15, 0.2) is 5.65 Å². The van der Waals surface area contributed by atoms with Crippen molar-refractivity contribution in [2.75, 3.05) is 43.3 Å². The van der Waals surface area contributed by atoms with Crippen LogP contribution in [0.15, 0.2) is 47.3 Å². The number of nitrogens with zero attached hydrogens (tertiary/aromatic N) is 4. The highest BCUT2D eigenvalue weighted by molar-refractivity contribution is 7.92. The van der Waals surface area contributed by atoms with E-state index in [0.717, 1.165) is 25.2 Å². The summed E-state index contributed by atoms with van der Waals surface area (Å²) < 4.78 is 34.7. The Hall–Kier alpha value is -2.67. The summed E-state index contributed by atoms with van der Waals surface area (Å²) in [6.45, 7) is 7.66. The molecule has 1 aliphatic rings. The summed E-state index contributed by atoms with van der Waals surface area (Å²) in [7, 11) is -3.48. The molecule has 1 aliphatic heterocycles. The van der Waals surface area contributed by atoms with Crippen LogP contribution in [0.25, 0.3) is 16.7 Å². The maximum atomic E-state index is 13.2. The molecule has 0 aliphatic carbocycles. The van der Waals surface area contributed by atoms with Crippen molar-refractivity contribution < 1.29 is 13.2 Å². The Morgan fingerprint density at radius 3 is 2.38 bits per heavy atom. The summed E-state index contributed by atoms with van der Waals surface area (Å²) in [5, 5.41) is 5.84. The van der Waals surface area contributed by atoms with Gasteiger partial charge in [0, 0.05) is 25.2 Å². The topological polar surface area (TPSA) is 122 Å². The molecule has 2 aromatic heterocycles. The minimum Gasteiger partial charge on any atom is -0.379 e. The predicted molar refractivity (Wildman–Crippen MR) is 169 cm³/mol. The highest BCUT2D eigenvalue weighted by Gasteiger charge is 2.22. The summed E-state index contributed by atoms with van der Waals surface area (Å²) in [6, 6.07) is 12.2. The van der Waals surface area contributed by atoms with E-state index in [1.165, 1.54) is 4.68 Å². The number of H-pyrrole nitrogens is 1. The number of anilines is 1. The second-order valence-corrected chi connectivity index (χ2v) is 13.0. The van der Waals surface area contributed by atoms with Crippen LogP contribution in [-0.4, -0.2) is 71.7 Å². The second-order valence-electron chi connectivity index (χ2n) is 10.3. The molecule has 2 N–H and O–H groups in total. The van der Waals surface area contributed by atoms with Crippen LogP contribution in [0.4, 0.5) is 5.69 Å². The van der Waals surface area contributed by atoms with E-state index in [-0.39, 0.29) is 29.6 Å². The van der Waals surface area contributed by atoms with Crippen molar-refractivity contribution in [2.24, 2.45) is 0 Å². The number of ether oxygens (including phenoxy) is 1. The van der Waals surface area contributed by atoms with Crippen LogP contribution in [0.5, 0.6) is 0 Å². The zero-order valence-corrected chi connectivity index (χ0v) is 26.4. The Morgan fingerprint density at radius 1 is 1.07 bits per heavy atom. The number of rotatable bonds is 10. The van der Waals surface area contributed by atoms with Crippen molar-refractivity contribution in [1.29, 1.82) is 0 Å². The van der Waals surface area contributed by atoms with Crippen molar-refractivity contribution in [3.05, 3.63) is 79.9 Å². The Balaban J connectivity index is 0.00000405. The molecule has 0 atom stereocenters. The summed E-state index contributed by atoms with van der Waals surface area (Å²) in [5.74, 6) is 0.432. The molecule has 10 nitrogen and oxygen atoms in total. The minimum atomic E-state index is -3.48. The Labute approximate surface area is 260 Å². The average molecular weight is 656 g/mol. The average Bonchev–Trinajstić information content (AvgIpc) is 3.30. The number of halogens is 3. The van der Waals surface area contributed by atoms with Gasteiger partial charge in [-0.05, 0) is 48.7 Å². The Morgan fingerprint density at radius 2 is 1.74 bits per heavy atom. The van der Waals surface area contributed by atoms with E-state index in [9.17, 15) is 13.2 Å². The molecule has 4 aromatic rings. The number of aromatic nitrogens is 4. The third-order valence-corrected chi connectivity index (χ3v) is 8.88. The van der Waals surface area contributed by atoms with E-state index < -0.39 is 10.0 Å². The number of sulfonamides is 1. The number of hydrogen-bond donors (Lipinski definition) is 2. The van der Waals surface area contributed by atoms with Crippen LogP contribution in [-0.2, 0) is 21.2 Å². The number of hydrogen-bond acceptors (Lipinski definition) is 7. The van der Waals surface area contributed by atoms with Gasteiger partial charge < -0.3 is 9.72 Å². The molecule has 0 amide bonds. The standard InChI is InChI=1S/C28H32Cl2N6O4S.ClH/c1-18(2)25-24-27(36(33-25)26-21(29)5-3-6-22(26)30)31-23(32-28(24)37)17-19-7-9-20(10-8-19)34-41(38,39)16-4-11-35-12-14-40-15-13-35;/h3,5-10,18,34H,4,11-17H2,1-2H3,(H,31,32,37);1H. The van der Waals surface area contributed by atoms with Gasteiger partial charge >= 0.3 is 0 Å². The van der Waals surface area contributed by atoms with Gasteiger partial charge in [0.2, 0.25) is 10.0 Å². The van der Waals surface area contributed by atoms with E-state index in [1.807, 2.05) is 13.8 Å². The summed E-state index contributed by atoms with van der Waals surface area (Å²) in [4.78, 5) is 23.1. The van der Waals surface area contributed by atoms with Gasteiger partial charge in [-0.2, -0.15) is 5.10 Å². The molecular weight excluding hydrogens is 623 g/mol. The van der Waals surface area contributed by atoms with Crippen LogP contribution in [0, 0.1) is 0 Å². The van der Waals surface area contributed by atoms with Crippen LogP contribution in [0.2, 0.25) is 10.0 Å². The molecule has 226 valence electrons. The SMILES string of the molecule is CC(C)c1nn(-c2c(Cl)cccc2Cl)c2nc(Cc3ccc(NS(=O)(=O)CCCN4CCOCC4)cc3)[nH]c(=O)c12.Cl. The lowest BCUT2D eigenvalue weighted by Gasteiger charge is -2.26. The molecule has 0 bridgehead atoms. The Bertz CT molecular complexity index is 1680. The number of fused-ring (bicyclic) bond motifs is 1. The molecule has 0 spiro atoms. The summed E-state index contributed by atoms with van der Waals surface area (Å²) in [5.41, 5.74) is 2.43. The van der Waals surface area contributed by atoms with E-state index in [4.69, 9.17) is 32.9 Å². The summed E-state index contributed by atoms with van der Waals surface area (Å²) in [6.07, 6.45) is 0.861.